The first-order valence-corrected chi connectivity index (χ1v) is 9.04. The van der Waals surface area contributed by atoms with E-state index in [1.54, 1.807) is 12.4 Å². The van der Waals surface area contributed by atoms with Gasteiger partial charge < -0.3 is 5.32 Å². The number of hydrogen-bond acceptors (Lipinski definition) is 2. The average molecular weight is 320 g/mol. The van der Waals surface area contributed by atoms with Crippen LogP contribution in [0.25, 0.3) is 0 Å². The van der Waals surface area contributed by atoms with E-state index in [9.17, 15) is 4.79 Å². The van der Waals surface area contributed by atoms with Crippen LogP contribution in [0.1, 0.15) is 49.3 Å². The number of aromatic nitrogens is 1. The van der Waals surface area contributed by atoms with Crippen LogP contribution in [0.5, 0.6) is 0 Å². The van der Waals surface area contributed by atoms with Gasteiger partial charge in [0, 0.05) is 18.8 Å². The molecule has 3 nitrogen and oxygen atoms in total. The van der Waals surface area contributed by atoms with Crippen LogP contribution in [-0.2, 0) is 4.79 Å². The maximum Gasteiger partial charge on any atom is 0.221 e. The number of nitrogens with zero attached hydrogens (tertiary/aromatic N) is 1. The molecule has 1 heterocycles. The smallest absolute Gasteiger partial charge is 0.221 e. The Morgan fingerprint density at radius 1 is 1.04 bits per heavy atom. The van der Waals surface area contributed by atoms with Gasteiger partial charge in [-0.3, -0.25) is 9.78 Å². The fourth-order valence-corrected chi connectivity index (χ4v) is 4.65. The van der Waals surface area contributed by atoms with Gasteiger partial charge in [-0.25, -0.2) is 0 Å². The molecule has 2 aliphatic rings. The molecule has 1 aromatic carbocycles. The third-order valence-corrected chi connectivity index (χ3v) is 5.81. The standard InChI is InChI=1S/C21H24N2O/c24-20(14-19-13-15-6-7-18(19)12-15)23-21(16-4-2-1-3-5-16)17-8-10-22-11-9-17/h1-5,8-11,15,18-19,21H,6-7,12-14H2,(H,23,24). The lowest BCUT2D eigenvalue weighted by molar-refractivity contribution is -0.122. The molecule has 1 N–H and O–H groups in total. The minimum atomic E-state index is -0.0970. The van der Waals surface area contributed by atoms with Crippen LogP contribution in [0.15, 0.2) is 54.9 Å². The summed E-state index contributed by atoms with van der Waals surface area (Å²) in [4.78, 5) is 16.8. The summed E-state index contributed by atoms with van der Waals surface area (Å²) in [6.45, 7) is 0. The van der Waals surface area contributed by atoms with Gasteiger partial charge in [-0.1, -0.05) is 36.8 Å². The molecule has 0 spiro atoms. The molecular weight excluding hydrogens is 296 g/mol. The quantitative estimate of drug-likeness (QED) is 0.900. The fraction of sp³-hybridized carbons (Fsp3) is 0.429. The van der Waals surface area contributed by atoms with E-state index in [0.29, 0.717) is 12.3 Å². The number of carbonyl (C=O) groups is 1. The van der Waals surface area contributed by atoms with Crippen molar-refractivity contribution in [2.24, 2.45) is 17.8 Å². The second-order valence-corrected chi connectivity index (χ2v) is 7.33. The van der Waals surface area contributed by atoms with Crippen molar-refractivity contribution in [3.63, 3.8) is 0 Å². The molecule has 0 radical (unpaired) electrons. The van der Waals surface area contributed by atoms with Gasteiger partial charge in [0.1, 0.15) is 0 Å². The van der Waals surface area contributed by atoms with Crippen molar-refractivity contribution in [2.75, 3.05) is 0 Å². The minimum absolute atomic E-state index is 0.0970. The lowest BCUT2D eigenvalue weighted by atomic mass is 9.86. The Hall–Kier alpha value is -2.16. The van der Waals surface area contributed by atoms with Gasteiger partial charge in [-0.2, -0.15) is 0 Å². The van der Waals surface area contributed by atoms with E-state index in [1.807, 2.05) is 30.3 Å². The summed E-state index contributed by atoms with van der Waals surface area (Å²) in [6, 6.07) is 14.1. The predicted molar refractivity (Wildman–Crippen MR) is 94.2 cm³/mol. The van der Waals surface area contributed by atoms with Gasteiger partial charge in [0.25, 0.3) is 0 Å². The minimum Gasteiger partial charge on any atom is -0.345 e. The number of amides is 1. The first kappa shape index (κ1) is 15.4. The molecule has 4 rings (SSSR count). The number of fused-ring (bicyclic) bond motifs is 2. The maximum atomic E-state index is 12.7. The van der Waals surface area contributed by atoms with Crippen LogP contribution in [0, 0.1) is 17.8 Å². The van der Waals surface area contributed by atoms with Crippen LogP contribution < -0.4 is 5.32 Å². The monoisotopic (exact) mass is 320 g/mol. The molecule has 2 fully saturated rings. The number of nitrogens with one attached hydrogen (secondary N) is 1. The second-order valence-electron chi connectivity index (χ2n) is 7.33. The summed E-state index contributed by atoms with van der Waals surface area (Å²) in [5.74, 6) is 2.45. The van der Waals surface area contributed by atoms with Crippen molar-refractivity contribution in [2.45, 2.75) is 38.1 Å². The number of carbonyl (C=O) groups excluding carboxylic acids is 1. The van der Waals surface area contributed by atoms with Gasteiger partial charge in [0.2, 0.25) is 5.91 Å². The lowest BCUT2D eigenvalue weighted by Crippen LogP contribution is -2.31. The molecule has 1 aromatic heterocycles. The summed E-state index contributed by atoms with van der Waals surface area (Å²) in [7, 11) is 0. The predicted octanol–water partition coefficient (Wildman–Crippen LogP) is 4.11. The van der Waals surface area contributed by atoms with Crippen molar-refractivity contribution in [3.05, 3.63) is 66.0 Å². The van der Waals surface area contributed by atoms with Gasteiger partial charge in [-0.15, -0.1) is 0 Å². The Morgan fingerprint density at radius 2 is 1.79 bits per heavy atom. The van der Waals surface area contributed by atoms with Crippen LogP contribution in [-0.4, -0.2) is 10.9 Å². The van der Waals surface area contributed by atoms with Gasteiger partial charge in [-0.05, 0) is 60.3 Å². The van der Waals surface area contributed by atoms with Crippen LogP contribution in [0.4, 0.5) is 0 Å². The van der Waals surface area contributed by atoms with Crippen molar-refractivity contribution in [1.82, 2.24) is 10.3 Å². The van der Waals surface area contributed by atoms with Gasteiger partial charge in [0.05, 0.1) is 6.04 Å². The largest absolute Gasteiger partial charge is 0.345 e. The fourth-order valence-electron chi connectivity index (χ4n) is 4.65. The molecule has 2 aromatic rings. The highest BCUT2D eigenvalue weighted by molar-refractivity contribution is 5.77. The Bertz CT molecular complexity index is 646. The normalized spacial score (nSPS) is 26.2. The van der Waals surface area contributed by atoms with E-state index >= 15 is 0 Å². The summed E-state index contributed by atoms with van der Waals surface area (Å²) in [5, 5.41) is 3.27. The highest BCUT2D eigenvalue weighted by Gasteiger charge is 2.40. The first-order chi connectivity index (χ1) is 11.8. The van der Waals surface area contributed by atoms with Gasteiger partial charge >= 0.3 is 0 Å². The van der Waals surface area contributed by atoms with E-state index < -0.39 is 0 Å². The molecule has 24 heavy (non-hydrogen) atoms. The maximum absolute atomic E-state index is 12.7. The van der Waals surface area contributed by atoms with Crippen molar-refractivity contribution in [1.29, 1.82) is 0 Å². The number of benzene rings is 1. The van der Waals surface area contributed by atoms with Crippen molar-refractivity contribution >= 4 is 5.91 Å². The third-order valence-electron chi connectivity index (χ3n) is 5.81. The molecule has 0 saturated heterocycles. The average Bonchev–Trinajstić information content (AvgIpc) is 3.24. The molecular formula is C21H24N2O. The first-order valence-electron chi connectivity index (χ1n) is 9.04. The second kappa shape index (κ2) is 6.76. The molecule has 4 atom stereocenters. The molecule has 2 aliphatic carbocycles. The summed E-state index contributed by atoms with van der Waals surface area (Å²) in [5.41, 5.74) is 2.20. The molecule has 2 bridgehead atoms. The molecule has 124 valence electrons. The Morgan fingerprint density at radius 3 is 2.46 bits per heavy atom. The van der Waals surface area contributed by atoms with E-state index in [4.69, 9.17) is 0 Å². The van der Waals surface area contributed by atoms with Crippen LogP contribution in [0.2, 0.25) is 0 Å². The molecule has 4 unspecified atom stereocenters. The molecule has 2 saturated carbocycles. The molecule has 1 amide bonds. The topological polar surface area (TPSA) is 42.0 Å². The number of pyridine rings is 1. The molecule has 0 aliphatic heterocycles. The Kier molecular flexibility index (Phi) is 4.33. The summed E-state index contributed by atoms with van der Waals surface area (Å²) in [6.07, 6.45) is 9.56. The van der Waals surface area contributed by atoms with Crippen molar-refractivity contribution in [3.8, 4) is 0 Å². The van der Waals surface area contributed by atoms with Crippen LogP contribution in [0.3, 0.4) is 0 Å². The van der Waals surface area contributed by atoms with Crippen LogP contribution >= 0.6 is 0 Å². The zero-order valence-electron chi connectivity index (χ0n) is 13.9. The Balaban J connectivity index is 1.48. The van der Waals surface area contributed by atoms with Gasteiger partial charge in [0.15, 0.2) is 0 Å². The zero-order chi connectivity index (χ0) is 16.4. The SMILES string of the molecule is O=C(CC1CC2CCC1C2)NC(c1ccccc1)c1ccncc1. The summed E-state index contributed by atoms with van der Waals surface area (Å²) < 4.78 is 0. The third kappa shape index (κ3) is 3.21. The number of rotatable bonds is 5. The molecule has 3 heteroatoms. The van der Waals surface area contributed by atoms with E-state index in [2.05, 4.69) is 22.4 Å². The Labute approximate surface area is 143 Å². The number of hydrogen-bond donors (Lipinski definition) is 1. The van der Waals surface area contributed by atoms with E-state index in [0.717, 1.165) is 23.0 Å². The van der Waals surface area contributed by atoms with E-state index in [1.165, 1.54) is 25.7 Å². The van der Waals surface area contributed by atoms with Crippen molar-refractivity contribution < 1.29 is 4.79 Å². The highest BCUT2D eigenvalue weighted by Crippen LogP contribution is 2.49. The van der Waals surface area contributed by atoms with E-state index in [-0.39, 0.29) is 11.9 Å². The highest BCUT2D eigenvalue weighted by atomic mass is 16.1. The zero-order valence-corrected chi connectivity index (χ0v) is 13.9. The summed E-state index contributed by atoms with van der Waals surface area (Å²) >= 11 is 0. The lowest BCUT2D eigenvalue weighted by Gasteiger charge is -2.24.